The molecule has 2 heteroatoms. The molecule has 0 aliphatic heterocycles. The molecule has 0 rings (SSSR count). The van der Waals surface area contributed by atoms with Crippen LogP contribution in [0.25, 0.3) is 0 Å². The lowest BCUT2D eigenvalue weighted by Crippen LogP contribution is -2.20. The summed E-state index contributed by atoms with van der Waals surface area (Å²) in [5.74, 6) is 2.61. The van der Waals surface area contributed by atoms with Gasteiger partial charge in [0.25, 0.3) is 0 Å². The molecule has 0 radical (unpaired) electrons. The molecule has 0 aromatic rings. The van der Waals surface area contributed by atoms with Gasteiger partial charge in [0, 0.05) is 19.6 Å². The SMILES string of the molecule is C#CCCCNCCOCCC. The van der Waals surface area contributed by atoms with Crippen molar-refractivity contribution in [1.29, 1.82) is 0 Å². The molecule has 0 fully saturated rings. The second-order valence-electron chi connectivity index (χ2n) is 2.67. The van der Waals surface area contributed by atoms with E-state index in [2.05, 4.69) is 18.2 Å². The smallest absolute Gasteiger partial charge is 0.0590 e. The van der Waals surface area contributed by atoms with E-state index >= 15 is 0 Å². The maximum absolute atomic E-state index is 5.29. The molecule has 12 heavy (non-hydrogen) atoms. The van der Waals surface area contributed by atoms with Crippen LogP contribution in [0.2, 0.25) is 0 Å². The number of unbranched alkanes of at least 4 members (excludes halogenated alkanes) is 1. The Morgan fingerprint density at radius 2 is 2.17 bits per heavy atom. The van der Waals surface area contributed by atoms with Gasteiger partial charge < -0.3 is 10.1 Å². The lowest BCUT2D eigenvalue weighted by molar-refractivity contribution is 0.136. The second kappa shape index (κ2) is 10.5. The summed E-state index contributed by atoms with van der Waals surface area (Å²) in [6.45, 7) is 5.72. The minimum absolute atomic E-state index is 0.809. The van der Waals surface area contributed by atoms with Crippen molar-refractivity contribution in [2.75, 3.05) is 26.3 Å². The van der Waals surface area contributed by atoms with Crippen molar-refractivity contribution in [3.63, 3.8) is 0 Å². The van der Waals surface area contributed by atoms with Crippen LogP contribution in [-0.2, 0) is 4.74 Å². The highest BCUT2D eigenvalue weighted by molar-refractivity contribution is 4.83. The lowest BCUT2D eigenvalue weighted by atomic mass is 10.3. The van der Waals surface area contributed by atoms with Crippen molar-refractivity contribution < 1.29 is 4.74 Å². The Morgan fingerprint density at radius 1 is 1.33 bits per heavy atom. The van der Waals surface area contributed by atoms with E-state index in [-0.39, 0.29) is 0 Å². The standard InChI is InChI=1S/C10H19NO/c1-3-5-6-7-11-8-10-12-9-4-2/h1,11H,4-10H2,2H3. The maximum atomic E-state index is 5.29. The summed E-state index contributed by atoms with van der Waals surface area (Å²) in [6.07, 6.45) is 8.12. The monoisotopic (exact) mass is 169 g/mol. The van der Waals surface area contributed by atoms with Gasteiger partial charge in [-0.25, -0.2) is 0 Å². The molecule has 70 valence electrons. The van der Waals surface area contributed by atoms with Crippen molar-refractivity contribution in [1.82, 2.24) is 5.32 Å². The number of hydrogen-bond acceptors (Lipinski definition) is 2. The second-order valence-corrected chi connectivity index (χ2v) is 2.67. The van der Waals surface area contributed by atoms with Gasteiger partial charge in [-0.15, -0.1) is 12.3 Å². The van der Waals surface area contributed by atoms with E-state index in [9.17, 15) is 0 Å². The minimum Gasteiger partial charge on any atom is -0.380 e. The zero-order valence-electron chi connectivity index (χ0n) is 7.94. The van der Waals surface area contributed by atoms with Crippen LogP contribution in [0.4, 0.5) is 0 Å². The van der Waals surface area contributed by atoms with Gasteiger partial charge >= 0.3 is 0 Å². The van der Waals surface area contributed by atoms with Crippen molar-refractivity contribution in [2.24, 2.45) is 0 Å². The van der Waals surface area contributed by atoms with Crippen LogP contribution in [0.3, 0.4) is 0 Å². The summed E-state index contributed by atoms with van der Waals surface area (Å²) in [5, 5.41) is 3.26. The quantitative estimate of drug-likeness (QED) is 0.438. The van der Waals surface area contributed by atoms with Crippen LogP contribution in [0, 0.1) is 12.3 Å². The average Bonchev–Trinajstić information content (AvgIpc) is 2.10. The van der Waals surface area contributed by atoms with Gasteiger partial charge in [-0.2, -0.15) is 0 Å². The molecular weight excluding hydrogens is 150 g/mol. The molecule has 0 spiro atoms. The van der Waals surface area contributed by atoms with Crippen molar-refractivity contribution in [3.8, 4) is 12.3 Å². The van der Waals surface area contributed by atoms with Gasteiger partial charge in [-0.1, -0.05) is 6.92 Å². The van der Waals surface area contributed by atoms with Crippen LogP contribution in [0.15, 0.2) is 0 Å². The van der Waals surface area contributed by atoms with E-state index in [0.29, 0.717) is 0 Å². The van der Waals surface area contributed by atoms with E-state index in [1.165, 1.54) is 0 Å². The lowest BCUT2D eigenvalue weighted by Gasteiger charge is -2.03. The number of terminal acetylenes is 1. The third kappa shape index (κ3) is 9.48. The molecule has 0 saturated carbocycles. The molecule has 0 saturated heterocycles. The highest BCUT2D eigenvalue weighted by Crippen LogP contribution is 1.82. The summed E-state index contributed by atoms with van der Waals surface area (Å²) in [7, 11) is 0. The number of ether oxygens (including phenoxy) is 1. The van der Waals surface area contributed by atoms with Gasteiger partial charge in [-0.05, 0) is 19.4 Å². The fourth-order valence-corrected chi connectivity index (χ4v) is 0.831. The molecule has 0 amide bonds. The van der Waals surface area contributed by atoms with E-state index in [1.54, 1.807) is 0 Å². The topological polar surface area (TPSA) is 21.3 Å². The van der Waals surface area contributed by atoms with Gasteiger partial charge in [0.05, 0.1) is 6.61 Å². The summed E-state index contributed by atoms with van der Waals surface area (Å²) in [6, 6.07) is 0. The molecule has 0 heterocycles. The molecule has 0 aliphatic rings. The van der Waals surface area contributed by atoms with E-state index in [4.69, 9.17) is 11.2 Å². The van der Waals surface area contributed by atoms with Gasteiger partial charge in [0.15, 0.2) is 0 Å². The Bertz CT molecular complexity index is 117. The fraction of sp³-hybridized carbons (Fsp3) is 0.800. The van der Waals surface area contributed by atoms with E-state index in [0.717, 1.165) is 45.6 Å². The van der Waals surface area contributed by atoms with E-state index in [1.807, 2.05) is 0 Å². The first kappa shape index (κ1) is 11.5. The molecule has 0 aromatic heterocycles. The van der Waals surface area contributed by atoms with Gasteiger partial charge in [0.2, 0.25) is 0 Å². The Balaban J connectivity index is 2.78. The molecule has 0 bridgehead atoms. The number of rotatable bonds is 8. The van der Waals surface area contributed by atoms with Crippen LogP contribution < -0.4 is 5.32 Å². The Hall–Kier alpha value is -0.520. The predicted molar refractivity (Wildman–Crippen MR) is 52.0 cm³/mol. The van der Waals surface area contributed by atoms with Crippen molar-refractivity contribution in [2.45, 2.75) is 26.2 Å². The summed E-state index contributed by atoms with van der Waals surface area (Å²) in [4.78, 5) is 0. The van der Waals surface area contributed by atoms with Crippen LogP contribution in [0.1, 0.15) is 26.2 Å². The largest absolute Gasteiger partial charge is 0.380 e. The zero-order chi connectivity index (χ0) is 9.07. The summed E-state index contributed by atoms with van der Waals surface area (Å²) < 4.78 is 5.29. The van der Waals surface area contributed by atoms with Crippen molar-refractivity contribution >= 4 is 0 Å². The first-order valence-electron chi connectivity index (χ1n) is 4.63. The Labute approximate surface area is 75.7 Å². The number of nitrogens with one attached hydrogen (secondary N) is 1. The third-order valence-corrected chi connectivity index (χ3v) is 1.45. The molecule has 1 N–H and O–H groups in total. The third-order valence-electron chi connectivity index (χ3n) is 1.45. The van der Waals surface area contributed by atoms with Crippen LogP contribution >= 0.6 is 0 Å². The zero-order valence-corrected chi connectivity index (χ0v) is 7.94. The predicted octanol–water partition coefficient (Wildman–Crippen LogP) is 1.42. The summed E-state index contributed by atoms with van der Waals surface area (Å²) >= 11 is 0. The number of hydrogen-bond donors (Lipinski definition) is 1. The van der Waals surface area contributed by atoms with E-state index < -0.39 is 0 Å². The highest BCUT2D eigenvalue weighted by Gasteiger charge is 1.87. The minimum atomic E-state index is 0.809. The molecule has 0 unspecified atom stereocenters. The maximum Gasteiger partial charge on any atom is 0.0590 e. The van der Waals surface area contributed by atoms with Crippen LogP contribution in [0.5, 0.6) is 0 Å². The molecule has 0 atom stereocenters. The average molecular weight is 169 g/mol. The Morgan fingerprint density at radius 3 is 2.83 bits per heavy atom. The summed E-state index contributed by atoms with van der Waals surface area (Å²) in [5.41, 5.74) is 0. The molecule has 0 aliphatic carbocycles. The van der Waals surface area contributed by atoms with Crippen LogP contribution in [-0.4, -0.2) is 26.3 Å². The normalized spacial score (nSPS) is 9.67. The van der Waals surface area contributed by atoms with Gasteiger partial charge in [-0.3, -0.25) is 0 Å². The Kier molecular flexibility index (Phi) is 10.0. The van der Waals surface area contributed by atoms with Gasteiger partial charge in [0.1, 0.15) is 0 Å². The fourth-order valence-electron chi connectivity index (χ4n) is 0.831. The van der Waals surface area contributed by atoms with Crippen molar-refractivity contribution in [3.05, 3.63) is 0 Å². The molecular formula is C10H19NO. The molecule has 0 aromatic carbocycles. The first-order chi connectivity index (χ1) is 5.91. The highest BCUT2D eigenvalue weighted by atomic mass is 16.5. The molecule has 2 nitrogen and oxygen atoms in total. The first-order valence-corrected chi connectivity index (χ1v) is 4.63.